The van der Waals surface area contributed by atoms with E-state index >= 15 is 0 Å². The van der Waals surface area contributed by atoms with E-state index in [0.717, 1.165) is 23.1 Å². The lowest BCUT2D eigenvalue weighted by Gasteiger charge is -2.08. The van der Waals surface area contributed by atoms with Gasteiger partial charge in [0, 0.05) is 12.1 Å². The van der Waals surface area contributed by atoms with Gasteiger partial charge in [0.1, 0.15) is 0 Å². The molecule has 2 rings (SSSR count). The molecule has 19 heavy (non-hydrogen) atoms. The SMILES string of the molecule is CC/C=C(/c1ccccc1)c1ccc([N+](=O)[O-])cc1. The number of hydrogen-bond donors (Lipinski definition) is 0. The second-order valence-corrected chi connectivity index (χ2v) is 4.20. The Morgan fingerprint density at radius 2 is 1.63 bits per heavy atom. The van der Waals surface area contributed by atoms with Gasteiger partial charge >= 0.3 is 0 Å². The van der Waals surface area contributed by atoms with Gasteiger partial charge in [-0.25, -0.2) is 0 Å². The van der Waals surface area contributed by atoms with E-state index in [1.807, 2.05) is 30.3 Å². The summed E-state index contributed by atoms with van der Waals surface area (Å²) in [6.07, 6.45) is 3.05. The Kier molecular flexibility index (Phi) is 4.08. The number of hydrogen-bond acceptors (Lipinski definition) is 2. The summed E-state index contributed by atoms with van der Waals surface area (Å²) in [5.41, 5.74) is 3.35. The Labute approximate surface area is 112 Å². The van der Waals surface area contributed by atoms with Crippen LogP contribution in [0.4, 0.5) is 5.69 Å². The van der Waals surface area contributed by atoms with E-state index < -0.39 is 0 Å². The highest BCUT2D eigenvalue weighted by molar-refractivity contribution is 5.80. The lowest BCUT2D eigenvalue weighted by atomic mass is 9.97. The van der Waals surface area contributed by atoms with Crippen LogP contribution >= 0.6 is 0 Å². The maximum absolute atomic E-state index is 10.7. The van der Waals surface area contributed by atoms with Crippen LogP contribution < -0.4 is 0 Å². The Bertz CT molecular complexity index is 586. The molecular formula is C16H15NO2. The van der Waals surface area contributed by atoms with Crippen molar-refractivity contribution in [2.75, 3.05) is 0 Å². The molecule has 3 nitrogen and oxygen atoms in total. The zero-order valence-corrected chi connectivity index (χ0v) is 10.7. The molecule has 0 aromatic heterocycles. The summed E-state index contributed by atoms with van der Waals surface area (Å²) < 4.78 is 0. The zero-order valence-electron chi connectivity index (χ0n) is 10.7. The molecule has 0 unspecified atom stereocenters. The number of nitro benzene ring substituents is 1. The molecule has 2 aromatic rings. The van der Waals surface area contributed by atoms with E-state index in [1.54, 1.807) is 24.3 Å². The van der Waals surface area contributed by atoms with Gasteiger partial charge in [0.05, 0.1) is 4.92 Å². The lowest BCUT2D eigenvalue weighted by Crippen LogP contribution is -1.91. The molecule has 0 radical (unpaired) electrons. The molecule has 0 N–H and O–H groups in total. The number of rotatable bonds is 4. The topological polar surface area (TPSA) is 43.1 Å². The van der Waals surface area contributed by atoms with Crippen molar-refractivity contribution in [1.82, 2.24) is 0 Å². The van der Waals surface area contributed by atoms with Crippen molar-refractivity contribution in [1.29, 1.82) is 0 Å². The van der Waals surface area contributed by atoms with Crippen molar-refractivity contribution in [3.63, 3.8) is 0 Å². The van der Waals surface area contributed by atoms with E-state index in [1.165, 1.54) is 0 Å². The minimum Gasteiger partial charge on any atom is -0.258 e. The molecule has 0 atom stereocenters. The summed E-state index contributed by atoms with van der Waals surface area (Å²) in [5, 5.41) is 10.7. The zero-order chi connectivity index (χ0) is 13.7. The summed E-state index contributed by atoms with van der Waals surface area (Å²) in [4.78, 5) is 10.3. The normalized spacial score (nSPS) is 11.3. The van der Waals surface area contributed by atoms with Crippen LogP contribution in [0.2, 0.25) is 0 Å². The first-order chi connectivity index (χ1) is 9.22. The highest BCUT2D eigenvalue weighted by atomic mass is 16.6. The summed E-state index contributed by atoms with van der Waals surface area (Å²) in [6, 6.07) is 16.7. The second kappa shape index (κ2) is 5.96. The first kappa shape index (κ1) is 13.0. The van der Waals surface area contributed by atoms with Crippen LogP contribution in [-0.4, -0.2) is 4.92 Å². The van der Waals surface area contributed by atoms with Gasteiger partial charge in [0.15, 0.2) is 0 Å². The summed E-state index contributed by atoms with van der Waals surface area (Å²) in [5.74, 6) is 0. The second-order valence-electron chi connectivity index (χ2n) is 4.20. The summed E-state index contributed by atoms with van der Waals surface area (Å²) >= 11 is 0. The predicted octanol–water partition coefficient (Wildman–Crippen LogP) is 4.44. The fraction of sp³-hybridized carbons (Fsp3) is 0.125. The van der Waals surface area contributed by atoms with Crippen molar-refractivity contribution in [2.45, 2.75) is 13.3 Å². The van der Waals surface area contributed by atoms with Crippen molar-refractivity contribution < 1.29 is 4.92 Å². The van der Waals surface area contributed by atoms with E-state index in [-0.39, 0.29) is 10.6 Å². The molecule has 0 aliphatic heterocycles. The molecule has 96 valence electrons. The van der Waals surface area contributed by atoms with Crippen LogP contribution in [0.5, 0.6) is 0 Å². The number of benzene rings is 2. The van der Waals surface area contributed by atoms with E-state index in [0.29, 0.717) is 0 Å². The minimum atomic E-state index is -0.379. The van der Waals surface area contributed by atoms with Crippen LogP contribution in [0.3, 0.4) is 0 Å². The van der Waals surface area contributed by atoms with Crippen molar-refractivity contribution in [3.8, 4) is 0 Å². The molecule has 0 aliphatic rings. The lowest BCUT2D eigenvalue weighted by molar-refractivity contribution is -0.384. The van der Waals surface area contributed by atoms with E-state index in [2.05, 4.69) is 13.0 Å². The maximum Gasteiger partial charge on any atom is 0.269 e. The van der Waals surface area contributed by atoms with Crippen LogP contribution in [0.15, 0.2) is 60.7 Å². The maximum atomic E-state index is 10.7. The number of nitrogens with zero attached hydrogens (tertiary/aromatic N) is 1. The molecule has 3 heteroatoms. The standard InChI is InChI=1S/C16H15NO2/c1-2-6-16(13-7-4-3-5-8-13)14-9-11-15(12-10-14)17(18)19/h3-12H,2H2,1H3/b16-6-. The molecule has 0 aliphatic carbocycles. The molecular weight excluding hydrogens is 238 g/mol. The molecule has 0 saturated carbocycles. The highest BCUT2D eigenvalue weighted by Crippen LogP contribution is 2.25. The molecule has 0 saturated heterocycles. The largest absolute Gasteiger partial charge is 0.269 e. The van der Waals surface area contributed by atoms with Crippen LogP contribution in [0.25, 0.3) is 5.57 Å². The number of non-ortho nitro benzene ring substituents is 1. The average molecular weight is 253 g/mol. The average Bonchev–Trinajstić information content (AvgIpc) is 2.46. The van der Waals surface area contributed by atoms with Gasteiger partial charge in [0.2, 0.25) is 0 Å². The first-order valence-corrected chi connectivity index (χ1v) is 6.22. The third-order valence-corrected chi connectivity index (χ3v) is 2.88. The molecule has 0 heterocycles. The molecule has 0 amide bonds. The number of nitro groups is 1. The smallest absolute Gasteiger partial charge is 0.258 e. The fourth-order valence-corrected chi connectivity index (χ4v) is 1.99. The third kappa shape index (κ3) is 3.07. The fourth-order valence-electron chi connectivity index (χ4n) is 1.99. The molecule has 2 aromatic carbocycles. The predicted molar refractivity (Wildman–Crippen MR) is 76.9 cm³/mol. The summed E-state index contributed by atoms with van der Waals surface area (Å²) in [7, 11) is 0. The van der Waals surface area contributed by atoms with Crippen LogP contribution in [0.1, 0.15) is 24.5 Å². The molecule has 0 spiro atoms. The Morgan fingerprint density at radius 3 is 2.16 bits per heavy atom. The first-order valence-electron chi connectivity index (χ1n) is 6.22. The van der Waals surface area contributed by atoms with Gasteiger partial charge in [-0.2, -0.15) is 0 Å². The monoisotopic (exact) mass is 253 g/mol. The quantitative estimate of drug-likeness (QED) is 0.597. The van der Waals surface area contributed by atoms with Crippen molar-refractivity contribution >= 4 is 11.3 Å². The highest BCUT2D eigenvalue weighted by Gasteiger charge is 2.08. The Hall–Kier alpha value is -2.42. The third-order valence-electron chi connectivity index (χ3n) is 2.88. The van der Waals surface area contributed by atoms with Gasteiger partial charge in [-0.3, -0.25) is 10.1 Å². The summed E-state index contributed by atoms with van der Waals surface area (Å²) in [6.45, 7) is 2.08. The van der Waals surface area contributed by atoms with Gasteiger partial charge in [-0.1, -0.05) is 43.3 Å². The number of allylic oxidation sites excluding steroid dienone is 1. The van der Waals surface area contributed by atoms with Crippen LogP contribution in [-0.2, 0) is 0 Å². The van der Waals surface area contributed by atoms with E-state index in [4.69, 9.17) is 0 Å². The van der Waals surface area contributed by atoms with Gasteiger partial charge in [-0.05, 0) is 35.3 Å². The minimum absolute atomic E-state index is 0.118. The van der Waals surface area contributed by atoms with Crippen LogP contribution in [0, 0.1) is 10.1 Å². The Morgan fingerprint density at radius 1 is 1.05 bits per heavy atom. The molecule has 0 fully saturated rings. The van der Waals surface area contributed by atoms with Gasteiger partial charge in [0.25, 0.3) is 5.69 Å². The van der Waals surface area contributed by atoms with Gasteiger partial charge in [-0.15, -0.1) is 0 Å². The van der Waals surface area contributed by atoms with Gasteiger partial charge < -0.3 is 0 Å². The van der Waals surface area contributed by atoms with E-state index in [9.17, 15) is 10.1 Å². The van der Waals surface area contributed by atoms with Crippen molar-refractivity contribution in [2.24, 2.45) is 0 Å². The van der Waals surface area contributed by atoms with Crippen molar-refractivity contribution in [3.05, 3.63) is 81.9 Å². The Balaban J connectivity index is 2.41. The molecule has 0 bridgehead atoms.